The smallest absolute Gasteiger partial charge is 0.226 e. The van der Waals surface area contributed by atoms with Gasteiger partial charge in [-0.3, -0.25) is 9.78 Å². The molecule has 15 heavy (non-hydrogen) atoms. The van der Waals surface area contributed by atoms with Crippen LogP contribution in [0.25, 0.3) is 10.9 Å². The minimum atomic E-state index is -0.349. The number of nitrogens with zero attached hydrogens (tertiary/aromatic N) is 1. The van der Waals surface area contributed by atoms with Crippen LogP contribution >= 0.6 is 0 Å². The van der Waals surface area contributed by atoms with Crippen LogP contribution in [0.5, 0.6) is 0 Å². The van der Waals surface area contributed by atoms with Crippen molar-refractivity contribution in [2.45, 2.75) is 12.8 Å². The van der Waals surface area contributed by atoms with Crippen LogP contribution in [0.1, 0.15) is 18.5 Å². The summed E-state index contributed by atoms with van der Waals surface area (Å²) in [5, 5.41) is 1.07. The van der Waals surface area contributed by atoms with E-state index in [0.717, 1.165) is 16.6 Å². The number of hydrogen-bond acceptors (Lipinski definition) is 2. The van der Waals surface area contributed by atoms with E-state index in [1.807, 2.05) is 36.4 Å². The van der Waals surface area contributed by atoms with E-state index in [9.17, 15) is 4.79 Å². The first-order chi connectivity index (χ1) is 7.18. The van der Waals surface area contributed by atoms with Crippen molar-refractivity contribution < 1.29 is 4.79 Å². The largest absolute Gasteiger partial charge is 0.369 e. The molecule has 2 aromatic rings. The maximum absolute atomic E-state index is 11.0. The van der Waals surface area contributed by atoms with E-state index in [1.165, 1.54) is 0 Å². The molecule has 76 valence electrons. The van der Waals surface area contributed by atoms with E-state index in [1.54, 1.807) is 6.92 Å². The first kappa shape index (κ1) is 9.65. The fraction of sp³-hybridized carbons (Fsp3) is 0.167. The number of carbonyl (C=O) groups excluding carboxylic acids is 1. The van der Waals surface area contributed by atoms with Gasteiger partial charge in [0.1, 0.15) is 0 Å². The van der Waals surface area contributed by atoms with Gasteiger partial charge < -0.3 is 5.73 Å². The predicted octanol–water partition coefficient (Wildman–Crippen LogP) is 1.82. The fourth-order valence-corrected chi connectivity index (χ4v) is 1.47. The maximum atomic E-state index is 11.0. The van der Waals surface area contributed by atoms with Crippen LogP contribution in [0.3, 0.4) is 0 Å². The van der Waals surface area contributed by atoms with E-state index in [2.05, 4.69) is 4.98 Å². The van der Waals surface area contributed by atoms with Crippen LogP contribution < -0.4 is 5.73 Å². The molecule has 0 fully saturated rings. The van der Waals surface area contributed by atoms with Crippen LogP contribution in [-0.2, 0) is 4.79 Å². The second-order valence-electron chi connectivity index (χ2n) is 3.55. The van der Waals surface area contributed by atoms with Crippen LogP contribution in [0, 0.1) is 0 Å². The molecule has 1 aromatic carbocycles. The number of pyridine rings is 1. The SMILES string of the molecule is CC(C(N)=O)c1ccc2ccccc2n1. The lowest BCUT2D eigenvalue weighted by Crippen LogP contribution is -2.19. The number of fused-ring (bicyclic) bond motifs is 1. The third kappa shape index (κ3) is 1.81. The molecule has 0 spiro atoms. The Morgan fingerprint density at radius 3 is 2.73 bits per heavy atom. The molecule has 0 bridgehead atoms. The third-order valence-electron chi connectivity index (χ3n) is 2.49. The van der Waals surface area contributed by atoms with Crippen LogP contribution in [0.4, 0.5) is 0 Å². The zero-order valence-electron chi connectivity index (χ0n) is 8.47. The minimum Gasteiger partial charge on any atom is -0.369 e. The number of benzene rings is 1. The lowest BCUT2D eigenvalue weighted by molar-refractivity contribution is -0.119. The van der Waals surface area contributed by atoms with Gasteiger partial charge in [0.05, 0.1) is 17.1 Å². The second kappa shape index (κ2) is 3.69. The molecule has 3 nitrogen and oxygen atoms in total. The zero-order valence-corrected chi connectivity index (χ0v) is 8.47. The molecule has 0 aliphatic carbocycles. The molecule has 0 radical (unpaired) electrons. The number of carbonyl (C=O) groups is 1. The maximum Gasteiger partial charge on any atom is 0.226 e. The van der Waals surface area contributed by atoms with E-state index < -0.39 is 0 Å². The summed E-state index contributed by atoms with van der Waals surface area (Å²) in [6.07, 6.45) is 0. The standard InChI is InChI=1S/C12H12N2O/c1-8(12(13)15)10-7-6-9-4-2-3-5-11(9)14-10/h2-8H,1H3,(H2,13,15). The molecule has 2 N–H and O–H groups in total. The molecule has 0 saturated heterocycles. The molecule has 0 saturated carbocycles. The monoisotopic (exact) mass is 200 g/mol. The summed E-state index contributed by atoms with van der Waals surface area (Å²) < 4.78 is 0. The summed E-state index contributed by atoms with van der Waals surface area (Å²) >= 11 is 0. The van der Waals surface area contributed by atoms with Gasteiger partial charge in [0, 0.05) is 5.39 Å². The molecule has 1 aromatic heterocycles. The molecule has 2 rings (SSSR count). The Morgan fingerprint density at radius 1 is 1.27 bits per heavy atom. The molecule has 3 heteroatoms. The second-order valence-corrected chi connectivity index (χ2v) is 3.55. The highest BCUT2D eigenvalue weighted by Gasteiger charge is 2.12. The van der Waals surface area contributed by atoms with Gasteiger partial charge in [0.15, 0.2) is 0 Å². The van der Waals surface area contributed by atoms with Gasteiger partial charge in [-0.2, -0.15) is 0 Å². The van der Waals surface area contributed by atoms with Gasteiger partial charge in [-0.15, -0.1) is 0 Å². The van der Waals surface area contributed by atoms with Crippen molar-refractivity contribution in [3.05, 3.63) is 42.1 Å². The third-order valence-corrected chi connectivity index (χ3v) is 2.49. The molecule has 1 atom stereocenters. The van der Waals surface area contributed by atoms with E-state index >= 15 is 0 Å². The molecule has 1 amide bonds. The summed E-state index contributed by atoms with van der Waals surface area (Å²) in [6, 6.07) is 11.6. The molecular formula is C12H12N2O. The highest BCUT2D eigenvalue weighted by molar-refractivity contribution is 5.83. The van der Waals surface area contributed by atoms with E-state index in [0.29, 0.717) is 0 Å². The van der Waals surface area contributed by atoms with Gasteiger partial charge in [-0.1, -0.05) is 24.3 Å². The molecule has 0 aliphatic rings. The number of aromatic nitrogens is 1. The van der Waals surface area contributed by atoms with Crippen LogP contribution in [-0.4, -0.2) is 10.9 Å². The van der Waals surface area contributed by atoms with Gasteiger partial charge in [-0.25, -0.2) is 0 Å². The average Bonchev–Trinajstić information content (AvgIpc) is 2.27. The van der Waals surface area contributed by atoms with Crippen LogP contribution in [0.2, 0.25) is 0 Å². The highest BCUT2D eigenvalue weighted by Crippen LogP contribution is 2.17. The Hall–Kier alpha value is -1.90. The summed E-state index contributed by atoms with van der Waals surface area (Å²) in [5.74, 6) is -0.688. The quantitative estimate of drug-likeness (QED) is 0.803. The average molecular weight is 200 g/mol. The molecule has 1 unspecified atom stereocenters. The molecule has 1 heterocycles. The number of para-hydroxylation sites is 1. The van der Waals surface area contributed by atoms with Gasteiger partial charge in [0.25, 0.3) is 0 Å². The topological polar surface area (TPSA) is 56.0 Å². The Labute approximate surface area is 87.9 Å². The summed E-state index contributed by atoms with van der Waals surface area (Å²) in [6.45, 7) is 1.76. The summed E-state index contributed by atoms with van der Waals surface area (Å²) in [4.78, 5) is 15.4. The summed E-state index contributed by atoms with van der Waals surface area (Å²) in [5.41, 5.74) is 6.85. The fourth-order valence-electron chi connectivity index (χ4n) is 1.47. The first-order valence-corrected chi connectivity index (χ1v) is 4.83. The first-order valence-electron chi connectivity index (χ1n) is 4.83. The number of nitrogens with two attached hydrogens (primary N) is 1. The van der Waals surface area contributed by atoms with Gasteiger partial charge in [0.2, 0.25) is 5.91 Å². The van der Waals surface area contributed by atoms with Crippen molar-refractivity contribution in [3.8, 4) is 0 Å². The Kier molecular flexibility index (Phi) is 2.37. The molecular weight excluding hydrogens is 188 g/mol. The number of amides is 1. The Morgan fingerprint density at radius 2 is 2.00 bits per heavy atom. The normalized spacial score (nSPS) is 12.6. The zero-order chi connectivity index (χ0) is 10.8. The number of rotatable bonds is 2. The predicted molar refractivity (Wildman–Crippen MR) is 59.4 cm³/mol. The minimum absolute atomic E-state index is 0.338. The lowest BCUT2D eigenvalue weighted by Gasteiger charge is -2.07. The van der Waals surface area contributed by atoms with Crippen molar-refractivity contribution in [1.82, 2.24) is 4.98 Å². The number of hydrogen-bond donors (Lipinski definition) is 1. The number of primary amides is 1. The summed E-state index contributed by atoms with van der Waals surface area (Å²) in [7, 11) is 0. The van der Waals surface area contributed by atoms with Crippen molar-refractivity contribution >= 4 is 16.8 Å². The van der Waals surface area contributed by atoms with Gasteiger partial charge in [-0.05, 0) is 19.1 Å². The Bertz CT molecular complexity index is 508. The van der Waals surface area contributed by atoms with Crippen molar-refractivity contribution in [2.24, 2.45) is 5.73 Å². The molecule has 0 aliphatic heterocycles. The Balaban J connectivity index is 2.51. The highest BCUT2D eigenvalue weighted by atomic mass is 16.1. The van der Waals surface area contributed by atoms with Crippen molar-refractivity contribution in [2.75, 3.05) is 0 Å². The van der Waals surface area contributed by atoms with Gasteiger partial charge >= 0.3 is 0 Å². The van der Waals surface area contributed by atoms with Crippen molar-refractivity contribution in [1.29, 1.82) is 0 Å². The van der Waals surface area contributed by atoms with E-state index in [4.69, 9.17) is 5.73 Å². The lowest BCUT2D eigenvalue weighted by atomic mass is 10.1. The van der Waals surface area contributed by atoms with E-state index in [-0.39, 0.29) is 11.8 Å². The van der Waals surface area contributed by atoms with Crippen LogP contribution in [0.15, 0.2) is 36.4 Å². The van der Waals surface area contributed by atoms with Crippen molar-refractivity contribution in [3.63, 3.8) is 0 Å².